The van der Waals surface area contributed by atoms with Gasteiger partial charge in [0, 0.05) is 50.4 Å². The highest BCUT2D eigenvalue weighted by Gasteiger charge is 2.54. The zero-order valence-corrected chi connectivity index (χ0v) is 23.3. The second-order valence-corrected chi connectivity index (χ2v) is 12.4. The van der Waals surface area contributed by atoms with Crippen LogP contribution in [0.4, 0.5) is 11.4 Å². The van der Waals surface area contributed by atoms with E-state index in [0.717, 1.165) is 69.8 Å². The maximum absolute atomic E-state index is 13.2. The van der Waals surface area contributed by atoms with E-state index < -0.39 is 15.6 Å². The van der Waals surface area contributed by atoms with Gasteiger partial charge >= 0.3 is 10.2 Å². The molecule has 2 aromatic heterocycles. The number of fused-ring (bicyclic) bond motifs is 4. The molecule has 0 bridgehead atoms. The summed E-state index contributed by atoms with van der Waals surface area (Å²) < 4.78 is 34.9. The predicted octanol–water partition coefficient (Wildman–Crippen LogP) is 3.24. The van der Waals surface area contributed by atoms with Gasteiger partial charge in [-0.15, -0.1) is 0 Å². The van der Waals surface area contributed by atoms with Crippen LogP contribution >= 0.6 is 0 Å². The molecule has 1 amide bonds. The SMILES string of the molecule is CN(C)CCCOc1ncc(-c2ccc3ncc4c(c3c2)C2(CCC2)C(=O)N4C)cc1NS(=O)(=O)N(C)C. The molecule has 3 aromatic rings. The van der Waals surface area contributed by atoms with Gasteiger partial charge < -0.3 is 14.5 Å². The molecule has 1 saturated carbocycles. The number of aromatic nitrogens is 2. The quantitative estimate of drug-likeness (QED) is 0.417. The second-order valence-electron chi connectivity index (χ2n) is 10.5. The van der Waals surface area contributed by atoms with E-state index in [1.54, 1.807) is 23.4 Å². The molecule has 38 heavy (non-hydrogen) atoms. The summed E-state index contributed by atoms with van der Waals surface area (Å²) in [6.07, 6.45) is 6.95. The number of anilines is 2. The highest BCUT2D eigenvalue weighted by molar-refractivity contribution is 7.90. The standard InChI is InChI=1S/C27H34N6O4S/c1-31(2)12-7-13-37-25-22(30-38(35,36)32(3)4)15-19(16-29-25)18-8-9-21-20(14-18)24-23(17-28-21)33(5)26(34)27(24)10-6-11-27/h8-9,14-17,30H,6-7,10-13H2,1-5H3. The number of hydrogen-bond donors (Lipinski definition) is 1. The fraction of sp³-hybridized carbons (Fsp3) is 0.444. The predicted molar refractivity (Wildman–Crippen MR) is 149 cm³/mol. The smallest absolute Gasteiger partial charge is 0.301 e. The van der Waals surface area contributed by atoms with Crippen molar-refractivity contribution in [3.05, 3.63) is 42.2 Å². The number of ether oxygens (including phenoxy) is 1. The molecule has 1 fully saturated rings. The maximum atomic E-state index is 13.2. The first-order chi connectivity index (χ1) is 18.0. The summed E-state index contributed by atoms with van der Waals surface area (Å²) in [7, 11) is 4.93. The molecule has 1 aliphatic carbocycles. The lowest BCUT2D eigenvalue weighted by Gasteiger charge is -2.37. The van der Waals surface area contributed by atoms with E-state index >= 15 is 0 Å². The highest BCUT2D eigenvalue weighted by atomic mass is 32.2. The summed E-state index contributed by atoms with van der Waals surface area (Å²) in [6.45, 7) is 1.24. The van der Waals surface area contributed by atoms with Gasteiger partial charge in [-0.05, 0) is 57.1 Å². The molecule has 1 aromatic carbocycles. The van der Waals surface area contributed by atoms with Gasteiger partial charge in [0.1, 0.15) is 5.69 Å². The van der Waals surface area contributed by atoms with Gasteiger partial charge in [0.25, 0.3) is 0 Å². The normalized spacial score (nSPS) is 16.4. The topological polar surface area (TPSA) is 108 Å². The van der Waals surface area contributed by atoms with Gasteiger partial charge in [-0.3, -0.25) is 14.5 Å². The summed E-state index contributed by atoms with van der Waals surface area (Å²) in [4.78, 5) is 26.1. The van der Waals surface area contributed by atoms with Crippen molar-refractivity contribution in [2.24, 2.45) is 0 Å². The van der Waals surface area contributed by atoms with Crippen molar-refractivity contribution in [3.8, 4) is 17.0 Å². The average molecular weight is 539 g/mol. The first-order valence-corrected chi connectivity index (χ1v) is 14.2. The molecule has 1 spiro atoms. The van der Waals surface area contributed by atoms with Crippen LogP contribution in [0.25, 0.3) is 22.0 Å². The number of carbonyl (C=O) groups is 1. The van der Waals surface area contributed by atoms with E-state index in [9.17, 15) is 13.2 Å². The number of pyridine rings is 2. The Morgan fingerprint density at radius 2 is 1.84 bits per heavy atom. The van der Waals surface area contributed by atoms with E-state index in [0.29, 0.717) is 6.61 Å². The number of nitrogens with zero attached hydrogens (tertiary/aromatic N) is 5. The van der Waals surface area contributed by atoms with E-state index in [2.05, 4.69) is 19.6 Å². The summed E-state index contributed by atoms with van der Waals surface area (Å²) >= 11 is 0. The fourth-order valence-corrected chi connectivity index (χ4v) is 5.84. The van der Waals surface area contributed by atoms with Gasteiger partial charge in [-0.25, -0.2) is 4.98 Å². The number of rotatable bonds is 9. The minimum absolute atomic E-state index is 0.135. The number of carbonyl (C=O) groups excluding carboxylic acids is 1. The lowest BCUT2D eigenvalue weighted by atomic mass is 9.64. The van der Waals surface area contributed by atoms with Crippen LogP contribution in [-0.2, 0) is 20.4 Å². The van der Waals surface area contributed by atoms with Crippen LogP contribution < -0.4 is 14.4 Å². The molecule has 5 rings (SSSR count). The summed E-state index contributed by atoms with van der Waals surface area (Å²) in [6, 6.07) is 7.65. The molecular weight excluding hydrogens is 504 g/mol. The number of amides is 1. The van der Waals surface area contributed by atoms with E-state index in [1.807, 2.05) is 39.3 Å². The molecule has 0 radical (unpaired) electrons. The van der Waals surface area contributed by atoms with E-state index in [4.69, 9.17) is 4.74 Å². The van der Waals surface area contributed by atoms with Crippen molar-refractivity contribution in [2.75, 3.05) is 58.0 Å². The lowest BCUT2D eigenvalue weighted by Crippen LogP contribution is -2.43. The first-order valence-electron chi connectivity index (χ1n) is 12.7. The molecule has 11 heteroatoms. The van der Waals surface area contributed by atoms with Crippen LogP contribution in [0.3, 0.4) is 0 Å². The van der Waals surface area contributed by atoms with Crippen LogP contribution in [0.1, 0.15) is 31.2 Å². The summed E-state index contributed by atoms with van der Waals surface area (Å²) in [5.74, 6) is 0.359. The van der Waals surface area contributed by atoms with E-state index in [-0.39, 0.29) is 17.5 Å². The van der Waals surface area contributed by atoms with Gasteiger partial charge in [-0.2, -0.15) is 12.7 Å². The van der Waals surface area contributed by atoms with Crippen molar-refractivity contribution in [1.82, 2.24) is 19.2 Å². The monoisotopic (exact) mass is 538 g/mol. The fourth-order valence-electron chi connectivity index (χ4n) is 5.23. The average Bonchev–Trinajstić information content (AvgIpc) is 3.09. The van der Waals surface area contributed by atoms with Crippen LogP contribution in [0, 0.1) is 0 Å². The Kier molecular flexibility index (Phi) is 6.79. The Bertz CT molecular complexity index is 1500. The largest absolute Gasteiger partial charge is 0.476 e. The Balaban J connectivity index is 1.56. The third-order valence-corrected chi connectivity index (χ3v) is 8.94. The van der Waals surface area contributed by atoms with Crippen molar-refractivity contribution in [2.45, 2.75) is 31.1 Å². The number of hydrogen-bond acceptors (Lipinski definition) is 7. The molecular formula is C27H34N6O4S. The van der Waals surface area contributed by atoms with Crippen molar-refractivity contribution in [1.29, 1.82) is 0 Å². The lowest BCUT2D eigenvalue weighted by molar-refractivity contribution is -0.125. The molecule has 0 atom stereocenters. The van der Waals surface area contributed by atoms with Crippen LogP contribution in [-0.4, -0.2) is 81.9 Å². The van der Waals surface area contributed by atoms with Crippen LogP contribution in [0.5, 0.6) is 5.88 Å². The molecule has 202 valence electrons. The Labute approximate surface area is 223 Å². The maximum Gasteiger partial charge on any atom is 0.301 e. The van der Waals surface area contributed by atoms with Gasteiger partial charge in [0.05, 0.1) is 29.4 Å². The zero-order chi connectivity index (χ0) is 27.2. The Morgan fingerprint density at radius 1 is 1.08 bits per heavy atom. The molecule has 10 nitrogen and oxygen atoms in total. The van der Waals surface area contributed by atoms with Crippen LogP contribution in [0.15, 0.2) is 36.7 Å². The van der Waals surface area contributed by atoms with Crippen molar-refractivity contribution in [3.63, 3.8) is 0 Å². The molecule has 0 saturated heterocycles. The van der Waals surface area contributed by atoms with Gasteiger partial charge in [0.2, 0.25) is 11.8 Å². The molecule has 1 aliphatic heterocycles. The minimum atomic E-state index is -3.78. The van der Waals surface area contributed by atoms with Gasteiger partial charge in [-0.1, -0.05) is 12.5 Å². The number of benzene rings is 1. The van der Waals surface area contributed by atoms with E-state index in [1.165, 1.54) is 14.1 Å². The molecule has 3 heterocycles. The highest BCUT2D eigenvalue weighted by Crippen LogP contribution is 2.55. The molecule has 0 unspecified atom stereocenters. The summed E-state index contributed by atoms with van der Waals surface area (Å²) in [5.41, 5.74) is 4.10. The Hall–Kier alpha value is -3.28. The van der Waals surface area contributed by atoms with Gasteiger partial charge in [0.15, 0.2) is 0 Å². The number of likely N-dealkylation sites (N-methyl/N-ethyl adjacent to an activating group) is 1. The molecule has 1 N–H and O–H groups in total. The third-order valence-electron chi connectivity index (χ3n) is 7.50. The number of nitrogens with one attached hydrogen (secondary N) is 1. The second kappa shape index (κ2) is 9.79. The van der Waals surface area contributed by atoms with Crippen molar-refractivity contribution < 1.29 is 17.9 Å². The zero-order valence-electron chi connectivity index (χ0n) is 22.5. The summed E-state index contributed by atoms with van der Waals surface area (Å²) in [5, 5.41) is 0.942. The van der Waals surface area contributed by atoms with Crippen LogP contribution in [0.2, 0.25) is 0 Å². The first kappa shape index (κ1) is 26.3. The minimum Gasteiger partial charge on any atom is -0.476 e. The Morgan fingerprint density at radius 3 is 2.50 bits per heavy atom. The molecule has 2 aliphatic rings. The third kappa shape index (κ3) is 4.48. The van der Waals surface area contributed by atoms with Crippen molar-refractivity contribution >= 4 is 38.4 Å².